The monoisotopic (exact) mass is 394 g/mol. The maximum absolute atomic E-state index is 12.5. The molecule has 4 fully saturated rings. The summed E-state index contributed by atoms with van der Waals surface area (Å²) in [6.45, 7) is 4.43. The lowest BCUT2D eigenvalue weighted by molar-refractivity contribution is -0.136. The number of benzene rings is 1. The Bertz CT molecular complexity index is 850. The number of likely N-dealkylation sites (tertiary alicyclic amines) is 1. The fourth-order valence-corrected chi connectivity index (χ4v) is 5.02. The molecule has 5 rings (SSSR count). The lowest BCUT2D eigenvalue weighted by Gasteiger charge is -2.45. The Labute approximate surface area is 170 Å². The summed E-state index contributed by atoms with van der Waals surface area (Å²) in [7, 11) is 0. The van der Waals surface area contributed by atoms with Crippen molar-refractivity contribution in [2.75, 3.05) is 32.7 Å². The molecular formula is C22H26N4O3. The topological polar surface area (TPSA) is 76.9 Å². The second-order valence-electron chi connectivity index (χ2n) is 8.79. The number of rotatable bonds is 3. The number of hydrogen-bond donors (Lipinski definition) is 0. The van der Waals surface area contributed by atoms with Crippen LogP contribution < -0.4 is 0 Å². The van der Waals surface area contributed by atoms with Gasteiger partial charge >= 0.3 is 6.09 Å². The first-order chi connectivity index (χ1) is 14.1. The highest BCUT2D eigenvalue weighted by molar-refractivity contribution is 5.81. The first kappa shape index (κ1) is 18.4. The molecule has 1 aromatic carbocycles. The Morgan fingerprint density at radius 2 is 1.86 bits per heavy atom. The van der Waals surface area contributed by atoms with Crippen molar-refractivity contribution in [2.24, 2.45) is 5.92 Å². The lowest BCUT2D eigenvalue weighted by Crippen LogP contribution is -2.60. The summed E-state index contributed by atoms with van der Waals surface area (Å²) in [4.78, 5) is 31.2. The van der Waals surface area contributed by atoms with Crippen molar-refractivity contribution in [3.63, 3.8) is 0 Å². The molecule has 0 radical (unpaired) electrons. The zero-order valence-corrected chi connectivity index (χ0v) is 16.5. The molecule has 1 saturated carbocycles. The summed E-state index contributed by atoms with van der Waals surface area (Å²) < 4.78 is 5.96. The van der Waals surface area contributed by atoms with E-state index in [0.29, 0.717) is 25.2 Å². The van der Waals surface area contributed by atoms with Crippen LogP contribution in [0, 0.1) is 17.2 Å². The molecule has 29 heavy (non-hydrogen) atoms. The van der Waals surface area contributed by atoms with Crippen LogP contribution in [0.15, 0.2) is 24.3 Å². The number of fused-ring (bicyclic) bond motifs is 2. The van der Waals surface area contributed by atoms with Gasteiger partial charge in [-0.15, -0.1) is 0 Å². The minimum atomic E-state index is -0.471. The van der Waals surface area contributed by atoms with Crippen molar-refractivity contribution in [3.8, 4) is 6.07 Å². The number of nitriles is 1. The quantitative estimate of drug-likeness (QED) is 0.783. The second-order valence-corrected chi connectivity index (χ2v) is 8.79. The number of piperazine rings is 1. The van der Waals surface area contributed by atoms with E-state index in [1.165, 1.54) is 5.56 Å². The summed E-state index contributed by atoms with van der Waals surface area (Å²) in [5.74, 6) is 0.524. The number of carbonyl (C=O) groups excluding carboxylic acids is 2. The number of nitrogens with zero attached hydrogens (tertiary/aromatic N) is 4. The molecule has 0 aromatic heterocycles. The minimum Gasteiger partial charge on any atom is -0.440 e. The van der Waals surface area contributed by atoms with Gasteiger partial charge in [-0.3, -0.25) is 14.6 Å². The molecule has 3 heterocycles. The Balaban J connectivity index is 1.26. The molecule has 3 saturated heterocycles. The summed E-state index contributed by atoms with van der Waals surface area (Å²) in [6, 6.07) is 9.89. The van der Waals surface area contributed by atoms with E-state index in [-0.39, 0.29) is 24.0 Å². The second kappa shape index (κ2) is 7.03. The lowest BCUT2D eigenvalue weighted by atomic mass is 9.83. The molecule has 2 amide bonds. The van der Waals surface area contributed by atoms with Gasteiger partial charge in [-0.2, -0.15) is 5.26 Å². The molecule has 7 nitrogen and oxygen atoms in total. The van der Waals surface area contributed by atoms with Crippen LogP contribution in [0.2, 0.25) is 0 Å². The summed E-state index contributed by atoms with van der Waals surface area (Å²) in [6.07, 6.45) is 3.30. The molecule has 152 valence electrons. The number of amides is 2. The van der Waals surface area contributed by atoms with E-state index in [0.717, 1.165) is 45.3 Å². The van der Waals surface area contributed by atoms with E-state index in [4.69, 9.17) is 10.00 Å². The zero-order valence-electron chi connectivity index (χ0n) is 16.5. The summed E-state index contributed by atoms with van der Waals surface area (Å²) in [5, 5.41) is 8.97. The van der Waals surface area contributed by atoms with Crippen LogP contribution >= 0.6 is 0 Å². The SMILES string of the molecule is N#Cc1ccc(CN2CCN3C(=O)OC4(CCN(C(=O)C5CC5)CC4)C3C2)cc1. The van der Waals surface area contributed by atoms with Crippen LogP contribution in [0.25, 0.3) is 0 Å². The normalized spacial score (nSPS) is 26.2. The minimum absolute atomic E-state index is 0.0420. The average molecular weight is 394 g/mol. The fraction of sp³-hybridized carbons (Fsp3) is 0.591. The molecule has 3 aliphatic heterocycles. The van der Waals surface area contributed by atoms with E-state index >= 15 is 0 Å². The van der Waals surface area contributed by atoms with Gasteiger partial charge in [0.05, 0.1) is 17.7 Å². The van der Waals surface area contributed by atoms with E-state index in [1.54, 1.807) is 0 Å². The van der Waals surface area contributed by atoms with Crippen molar-refractivity contribution in [2.45, 2.75) is 43.9 Å². The molecule has 1 unspecified atom stereocenters. The highest BCUT2D eigenvalue weighted by Crippen LogP contribution is 2.41. The molecule has 1 spiro atoms. The van der Waals surface area contributed by atoms with Crippen molar-refractivity contribution >= 4 is 12.0 Å². The summed E-state index contributed by atoms with van der Waals surface area (Å²) in [5.41, 5.74) is 1.36. The van der Waals surface area contributed by atoms with Crippen LogP contribution in [-0.2, 0) is 16.1 Å². The molecule has 7 heteroatoms. The van der Waals surface area contributed by atoms with Crippen LogP contribution in [0.5, 0.6) is 0 Å². The van der Waals surface area contributed by atoms with Gasteiger partial charge in [0, 0.05) is 58.0 Å². The Morgan fingerprint density at radius 1 is 1.14 bits per heavy atom. The smallest absolute Gasteiger partial charge is 0.410 e. The van der Waals surface area contributed by atoms with Crippen LogP contribution in [0.1, 0.15) is 36.8 Å². The number of ether oxygens (including phenoxy) is 1. The highest BCUT2D eigenvalue weighted by atomic mass is 16.6. The van der Waals surface area contributed by atoms with Gasteiger partial charge in [0.1, 0.15) is 5.60 Å². The van der Waals surface area contributed by atoms with Gasteiger partial charge in [-0.1, -0.05) is 12.1 Å². The average Bonchev–Trinajstić information content (AvgIpc) is 3.56. The third-order valence-electron chi connectivity index (χ3n) is 6.93. The Kier molecular flexibility index (Phi) is 4.47. The molecule has 1 aliphatic carbocycles. The van der Waals surface area contributed by atoms with Crippen molar-refractivity contribution in [1.29, 1.82) is 5.26 Å². The first-order valence-electron chi connectivity index (χ1n) is 10.6. The van der Waals surface area contributed by atoms with Gasteiger partial charge in [-0.25, -0.2) is 4.79 Å². The van der Waals surface area contributed by atoms with Gasteiger partial charge < -0.3 is 9.64 Å². The third-order valence-corrected chi connectivity index (χ3v) is 6.93. The Morgan fingerprint density at radius 3 is 2.52 bits per heavy atom. The van der Waals surface area contributed by atoms with Crippen molar-refractivity contribution in [3.05, 3.63) is 35.4 Å². The number of carbonyl (C=O) groups is 2. The van der Waals surface area contributed by atoms with E-state index in [2.05, 4.69) is 11.0 Å². The Hall–Kier alpha value is -2.59. The molecular weight excluding hydrogens is 368 g/mol. The van der Waals surface area contributed by atoms with E-state index < -0.39 is 5.60 Å². The number of hydrogen-bond acceptors (Lipinski definition) is 5. The molecule has 1 atom stereocenters. The molecule has 0 bridgehead atoms. The van der Waals surface area contributed by atoms with Gasteiger partial charge in [-0.05, 0) is 30.5 Å². The maximum Gasteiger partial charge on any atom is 0.410 e. The highest BCUT2D eigenvalue weighted by Gasteiger charge is 2.57. The van der Waals surface area contributed by atoms with E-state index in [9.17, 15) is 9.59 Å². The predicted octanol–water partition coefficient (Wildman–Crippen LogP) is 1.97. The predicted molar refractivity (Wildman–Crippen MR) is 105 cm³/mol. The van der Waals surface area contributed by atoms with Crippen LogP contribution in [-0.4, -0.2) is 71.1 Å². The van der Waals surface area contributed by atoms with Gasteiger partial charge in [0.15, 0.2) is 0 Å². The number of piperidine rings is 1. The molecule has 1 aromatic rings. The van der Waals surface area contributed by atoms with E-state index in [1.807, 2.05) is 34.1 Å². The standard InChI is InChI=1S/C22H26N4O3/c23-13-16-1-3-17(4-2-16)14-24-11-12-26-19(15-24)22(29-21(26)28)7-9-25(10-8-22)20(27)18-5-6-18/h1-4,18-19H,5-12,14-15H2. The van der Waals surface area contributed by atoms with Crippen LogP contribution in [0.4, 0.5) is 4.79 Å². The van der Waals surface area contributed by atoms with Crippen molar-refractivity contribution < 1.29 is 14.3 Å². The molecule has 0 N–H and O–H groups in total. The van der Waals surface area contributed by atoms with Gasteiger partial charge in [0.25, 0.3) is 0 Å². The molecule has 4 aliphatic rings. The summed E-state index contributed by atoms with van der Waals surface area (Å²) >= 11 is 0. The fourth-order valence-electron chi connectivity index (χ4n) is 5.02. The maximum atomic E-state index is 12.5. The van der Waals surface area contributed by atoms with Crippen molar-refractivity contribution in [1.82, 2.24) is 14.7 Å². The largest absolute Gasteiger partial charge is 0.440 e. The zero-order chi connectivity index (χ0) is 20.0. The van der Waals surface area contributed by atoms with Crippen LogP contribution in [0.3, 0.4) is 0 Å². The van der Waals surface area contributed by atoms with Gasteiger partial charge in [0.2, 0.25) is 5.91 Å². The third kappa shape index (κ3) is 3.36. The first-order valence-corrected chi connectivity index (χ1v) is 10.6.